The maximum absolute atomic E-state index is 14.3. The molecule has 0 bridgehead atoms. The normalized spacial score (nSPS) is 12.9. The first-order valence-corrected chi connectivity index (χ1v) is 10.7. The minimum absolute atomic E-state index is 0.103. The van der Waals surface area contributed by atoms with E-state index in [0.29, 0.717) is 0 Å². The number of benzene rings is 3. The first-order valence-electron chi connectivity index (χ1n) is 10.7. The number of hydrogen-bond acceptors (Lipinski definition) is 4. The van der Waals surface area contributed by atoms with Crippen LogP contribution in [0.4, 0.5) is 14.9 Å². The van der Waals surface area contributed by atoms with Gasteiger partial charge in [0.1, 0.15) is 18.5 Å². The standard InChI is InChI=1S/C26H23FN2O5/c1-15(25(31)32)29(2)24(30)21-13-16(11-12-23(21)27)28-26(33)34-14-22-19-9-5-3-7-17(19)18-8-4-6-10-20(18)22/h3-13,15,22H,14H2,1-2H3,(H,28,33)(H,31,32). The number of fused-ring (bicyclic) bond motifs is 3. The van der Waals surface area contributed by atoms with Gasteiger partial charge in [-0.15, -0.1) is 0 Å². The van der Waals surface area contributed by atoms with E-state index in [2.05, 4.69) is 5.32 Å². The van der Waals surface area contributed by atoms with Crippen molar-refractivity contribution < 1.29 is 28.6 Å². The fraction of sp³-hybridized carbons (Fsp3) is 0.192. The number of likely N-dealkylation sites (N-methyl/N-ethyl adjacent to an activating group) is 1. The molecule has 0 spiro atoms. The van der Waals surface area contributed by atoms with E-state index >= 15 is 0 Å². The summed E-state index contributed by atoms with van der Waals surface area (Å²) in [5, 5.41) is 11.6. The number of halogens is 1. The van der Waals surface area contributed by atoms with Crippen molar-refractivity contribution in [2.45, 2.75) is 18.9 Å². The number of carbonyl (C=O) groups is 3. The third-order valence-electron chi connectivity index (χ3n) is 6.05. The largest absolute Gasteiger partial charge is 0.480 e. The van der Waals surface area contributed by atoms with Crippen molar-refractivity contribution in [1.82, 2.24) is 4.90 Å². The second kappa shape index (κ2) is 9.35. The van der Waals surface area contributed by atoms with E-state index < -0.39 is 29.8 Å². The molecule has 4 rings (SSSR count). The van der Waals surface area contributed by atoms with Crippen LogP contribution in [0.15, 0.2) is 66.7 Å². The Bertz CT molecular complexity index is 1230. The second-order valence-corrected chi connectivity index (χ2v) is 8.08. The van der Waals surface area contributed by atoms with E-state index in [0.717, 1.165) is 39.3 Å². The summed E-state index contributed by atoms with van der Waals surface area (Å²) < 4.78 is 19.8. The summed E-state index contributed by atoms with van der Waals surface area (Å²) in [5.41, 5.74) is 4.15. The van der Waals surface area contributed by atoms with Crippen molar-refractivity contribution in [1.29, 1.82) is 0 Å². The van der Waals surface area contributed by atoms with Gasteiger partial charge < -0.3 is 14.7 Å². The quantitative estimate of drug-likeness (QED) is 0.552. The molecule has 0 heterocycles. The van der Waals surface area contributed by atoms with Crippen LogP contribution in [0.5, 0.6) is 0 Å². The SMILES string of the molecule is CC(C(=O)O)N(C)C(=O)c1cc(NC(=O)OCC2c3ccccc3-c3ccccc32)ccc1F. The number of anilines is 1. The van der Waals surface area contributed by atoms with Gasteiger partial charge in [0, 0.05) is 18.7 Å². The third-order valence-corrected chi connectivity index (χ3v) is 6.05. The van der Waals surface area contributed by atoms with Gasteiger partial charge in [-0.05, 0) is 47.4 Å². The lowest BCUT2D eigenvalue weighted by Gasteiger charge is -2.22. The zero-order valence-electron chi connectivity index (χ0n) is 18.6. The molecule has 3 aromatic carbocycles. The Labute approximate surface area is 195 Å². The molecule has 0 saturated carbocycles. The van der Waals surface area contributed by atoms with Gasteiger partial charge in [-0.2, -0.15) is 0 Å². The van der Waals surface area contributed by atoms with Crippen LogP contribution in [-0.4, -0.2) is 47.7 Å². The van der Waals surface area contributed by atoms with Gasteiger partial charge in [0.25, 0.3) is 5.91 Å². The first-order chi connectivity index (χ1) is 16.3. The van der Waals surface area contributed by atoms with Crippen LogP contribution >= 0.6 is 0 Å². The molecule has 0 aliphatic heterocycles. The fourth-order valence-electron chi connectivity index (χ4n) is 4.05. The summed E-state index contributed by atoms with van der Waals surface area (Å²) in [6, 6.07) is 18.2. The van der Waals surface area contributed by atoms with Crippen molar-refractivity contribution in [2.24, 2.45) is 0 Å². The molecule has 0 fully saturated rings. The average Bonchev–Trinajstić information content (AvgIpc) is 3.16. The van der Waals surface area contributed by atoms with Crippen molar-refractivity contribution in [3.05, 3.63) is 89.2 Å². The minimum atomic E-state index is -1.22. The van der Waals surface area contributed by atoms with E-state index in [1.807, 2.05) is 48.5 Å². The Balaban J connectivity index is 1.46. The molecule has 1 atom stereocenters. The number of carboxylic acid groups (broad SMARTS) is 1. The van der Waals surface area contributed by atoms with Crippen molar-refractivity contribution in [2.75, 3.05) is 19.0 Å². The summed E-state index contributed by atoms with van der Waals surface area (Å²) in [4.78, 5) is 37.1. The molecule has 3 aromatic rings. The Kier molecular flexibility index (Phi) is 6.32. The monoisotopic (exact) mass is 462 g/mol. The zero-order valence-corrected chi connectivity index (χ0v) is 18.6. The average molecular weight is 462 g/mol. The highest BCUT2D eigenvalue weighted by Gasteiger charge is 2.29. The Morgan fingerprint density at radius 1 is 1.03 bits per heavy atom. The molecule has 0 radical (unpaired) electrons. The number of aliphatic carboxylic acids is 1. The highest BCUT2D eigenvalue weighted by atomic mass is 19.1. The second-order valence-electron chi connectivity index (χ2n) is 8.08. The van der Waals surface area contributed by atoms with Crippen LogP contribution in [0.1, 0.15) is 34.3 Å². The summed E-state index contributed by atoms with van der Waals surface area (Å²) in [5.74, 6) is -2.98. The molecular formula is C26H23FN2O5. The van der Waals surface area contributed by atoms with Crippen molar-refractivity contribution in [3.63, 3.8) is 0 Å². The van der Waals surface area contributed by atoms with Crippen LogP contribution in [-0.2, 0) is 9.53 Å². The van der Waals surface area contributed by atoms with E-state index in [1.165, 1.54) is 20.0 Å². The van der Waals surface area contributed by atoms with Gasteiger partial charge >= 0.3 is 12.1 Å². The molecule has 1 aliphatic rings. The van der Waals surface area contributed by atoms with E-state index in [4.69, 9.17) is 9.84 Å². The number of nitrogens with one attached hydrogen (secondary N) is 1. The highest BCUT2D eigenvalue weighted by Crippen LogP contribution is 2.44. The number of hydrogen-bond donors (Lipinski definition) is 2. The van der Waals surface area contributed by atoms with Gasteiger partial charge in [0.2, 0.25) is 0 Å². The summed E-state index contributed by atoms with van der Waals surface area (Å²) in [6.45, 7) is 1.42. The molecule has 7 nitrogen and oxygen atoms in total. The maximum atomic E-state index is 14.3. The Morgan fingerprint density at radius 3 is 2.21 bits per heavy atom. The minimum Gasteiger partial charge on any atom is -0.480 e. The number of nitrogens with zero attached hydrogens (tertiary/aromatic N) is 1. The molecule has 34 heavy (non-hydrogen) atoms. The molecule has 1 aliphatic carbocycles. The molecule has 2 N–H and O–H groups in total. The number of carbonyl (C=O) groups excluding carboxylic acids is 2. The van der Waals surface area contributed by atoms with Gasteiger partial charge in [-0.1, -0.05) is 48.5 Å². The zero-order chi connectivity index (χ0) is 24.4. The predicted molar refractivity (Wildman–Crippen MR) is 124 cm³/mol. The summed E-state index contributed by atoms with van der Waals surface area (Å²) in [6.07, 6.45) is -0.751. The van der Waals surface area contributed by atoms with Crippen LogP contribution in [0.2, 0.25) is 0 Å². The van der Waals surface area contributed by atoms with E-state index in [1.54, 1.807) is 0 Å². The Hall–Kier alpha value is -4.20. The van der Waals surface area contributed by atoms with Crippen molar-refractivity contribution >= 4 is 23.7 Å². The molecule has 1 unspecified atom stereocenters. The van der Waals surface area contributed by atoms with Gasteiger partial charge in [-0.25, -0.2) is 14.0 Å². The first kappa shape index (κ1) is 23.0. The molecular weight excluding hydrogens is 439 g/mol. The number of rotatable bonds is 6. The maximum Gasteiger partial charge on any atom is 0.411 e. The third kappa shape index (κ3) is 4.34. The van der Waals surface area contributed by atoms with Gasteiger partial charge in [0.15, 0.2) is 0 Å². The van der Waals surface area contributed by atoms with Crippen LogP contribution in [0, 0.1) is 5.82 Å². The summed E-state index contributed by atoms with van der Waals surface area (Å²) in [7, 11) is 1.27. The van der Waals surface area contributed by atoms with Crippen LogP contribution < -0.4 is 5.32 Å². The van der Waals surface area contributed by atoms with Gasteiger partial charge in [0.05, 0.1) is 5.56 Å². The molecule has 8 heteroatoms. The van der Waals surface area contributed by atoms with Crippen LogP contribution in [0.25, 0.3) is 11.1 Å². The number of carboxylic acids is 1. The van der Waals surface area contributed by atoms with E-state index in [-0.39, 0.29) is 23.8 Å². The fourth-order valence-corrected chi connectivity index (χ4v) is 4.05. The van der Waals surface area contributed by atoms with Crippen molar-refractivity contribution in [3.8, 4) is 11.1 Å². The van der Waals surface area contributed by atoms with Crippen LogP contribution in [0.3, 0.4) is 0 Å². The van der Waals surface area contributed by atoms with E-state index in [9.17, 15) is 18.8 Å². The Morgan fingerprint density at radius 2 is 1.62 bits per heavy atom. The molecule has 0 saturated heterocycles. The number of ether oxygens (including phenoxy) is 1. The smallest absolute Gasteiger partial charge is 0.411 e. The van der Waals surface area contributed by atoms with Gasteiger partial charge in [-0.3, -0.25) is 10.1 Å². The number of amides is 2. The summed E-state index contributed by atoms with van der Waals surface area (Å²) >= 11 is 0. The lowest BCUT2D eigenvalue weighted by atomic mass is 9.98. The molecule has 2 amide bonds. The topological polar surface area (TPSA) is 95.9 Å². The molecule has 174 valence electrons. The lowest BCUT2D eigenvalue weighted by Crippen LogP contribution is -2.40. The lowest BCUT2D eigenvalue weighted by molar-refractivity contribution is -0.141. The highest BCUT2D eigenvalue weighted by molar-refractivity contribution is 5.98. The molecule has 0 aromatic heterocycles. The predicted octanol–water partition coefficient (Wildman–Crippen LogP) is 4.73.